The molecule has 1 aliphatic heterocycles. The van der Waals surface area contributed by atoms with Gasteiger partial charge in [0.2, 0.25) is 5.91 Å². The van der Waals surface area contributed by atoms with Gasteiger partial charge in [-0.3, -0.25) is 9.59 Å². The largest absolute Gasteiger partial charge is 0.314 e. The van der Waals surface area contributed by atoms with Crippen LogP contribution in [0.3, 0.4) is 0 Å². The number of ketones is 1. The first-order valence-corrected chi connectivity index (χ1v) is 5.09. The van der Waals surface area contributed by atoms with Crippen LogP contribution < -0.4 is 4.90 Å². The molecule has 0 saturated carbocycles. The monoisotopic (exact) mass is 239 g/mol. The topological polar surface area (TPSA) is 37.4 Å². The van der Waals surface area contributed by atoms with Gasteiger partial charge in [-0.2, -0.15) is 9.90 Å². The summed E-state index contributed by atoms with van der Waals surface area (Å²) in [6.45, 7) is 4.00. The number of carbonyl (C=O) groups excluding carboxylic acids is 2. The number of rotatable bonds is 0. The van der Waals surface area contributed by atoms with E-state index in [1.165, 1.54) is 4.90 Å². The summed E-state index contributed by atoms with van der Waals surface area (Å²) in [6, 6.07) is 7.16. The smallest absolute Gasteiger partial charge is 0.234 e. The normalized spacial score (nSPS) is 13.3. The van der Waals surface area contributed by atoms with Gasteiger partial charge in [-0.15, -0.1) is 0 Å². The number of carbonyl (C=O) groups is 2. The fourth-order valence-corrected chi connectivity index (χ4v) is 1.49. The van der Waals surface area contributed by atoms with E-state index in [9.17, 15) is 9.59 Å². The molecule has 2 rings (SSSR count). The number of fused-ring (bicyclic) bond motifs is 1. The van der Waals surface area contributed by atoms with Gasteiger partial charge in [0.1, 0.15) is 0 Å². The van der Waals surface area contributed by atoms with Crippen molar-refractivity contribution in [2.45, 2.75) is 20.3 Å². The molecule has 1 aromatic rings. The third-order valence-electron chi connectivity index (χ3n) is 2.25. The minimum absolute atomic E-state index is 0. The Balaban J connectivity index is 0.000000711. The van der Waals surface area contributed by atoms with Crippen LogP contribution in [0.25, 0.3) is 0 Å². The predicted molar refractivity (Wildman–Crippen MR) is 71.3 cm³/mol. The first-order chi connectivity index (χ1) is 7.20. The lowest BCUT2D eigenvalue weighted by atomic mass is 10.0. The van der Waals surface area contributed by atoms with E-state index in [4.69, 9.17) is 0 Å². The lowest BCUT2D eigenvalue weighted by molar-refractivity contribution is -0.117. The lowest BCUT2D eigenvalue weighted by Crippen LogP contribution is -2.33. The fraction of sp³-hybridized carbons (Fsp3) is 0.333. The molecule has 3 nitrogen and oxygen atoms in total. The van der Waals surface area contributed by atoms with Crippen molar-refractivity contribution >= 4 is 27.3 Å². The molecule has 1 aromatic carbocycles. The Morgan fingerprint density at radius 2 is 1.69 bits per heavy atom. The maximum absolute atomic E-state index is 11.4. The summed E-state index contributed by atoms with van der Waals surface area (Å²) in [5.74, 6) is -0.220. The van der Waals surface area contributed by atoms with Gasteiger partial charge < -0.3 is 4.90 Å². The summed E-state index contributed by atoms with van der Waals surface area (Å²) in [5.41, 5.74) is 1.35. The van der Waals surface area contributed by atoms with Crippen molar-refractivity contribution in [3.63, 3.8) is 0 Å². The summed E-state index contributed by atoms with van der Waals surface area (Å²) in [6.07, 6.45) is -0.00644. The first-order valence-electron chi connectivity index (χ1n) is 5.09. The zero-order chi connectivity index (χ0) is 11.4. The van der Waals surface area contributed by atoms with Gasteiger partial charge in [0.25, 0.3) is 0 Å². The molecule has 1 atom stereocenters. The summed E-state index contributed by atoms with van der Waals surface area (Å²) in [4.78, 5) is 24.2. The summed E-state index contributed by atoms with van der Waals surface area (Å²) in [5, 5.41) is 0. The average molecular weight is 239 g/mol. The van der Waals surface area contributed by atoms with E-state index in [1.54, 1.807) is 25.2 Å². The minimum Gasteiger partial charge on any atom is -0.314 e. The van der Waals surface area contributed by atoms with Gasteiger partial charge >= 0.3 is 0 Å². The van der Waals surface area contributed by atoms with Crippen molar-refractivity contribution < 1.29 is 9.59 Å². The molecule has 0 aromatic heterocycles. The van der Waals surface area contributed by atoms with Gasteiger partial charge in [-0.05, 0) is 12.1 Å². The number of Topliss-reactive ketones (excluding diaryl/α,β-unsaturated/α-hetero) is 1. The fourth-order valence-electron chi connectivity index (χ4n) is 1.49. The molecule has 1 unspecified atom stereocenters. The van der Waals surface area contributed by atoms with Crippen LogP contribution in [0, 0.1) is 0 Å². The molecule has 0 spiro atoms. The van der Waals surface area contributed by atoms with Crippen LogP contribution in [-0.2, 0) is 4.79 Å². The standard InChI is InChI=1S/C10H9NO2.C2H6.H3P/c1-11-8-5-3-2-4-7(8)9(12)6-10(11)13;1-2;/h2-5H,6H2,1H3;1-2H3;1H3. The highest BCUT2D eigenvalue weighted by Crippen LogP contribution is 2.25. The molecular formula is C12H18NO2P. The molecule has 0 saturated heterocycles. The Bertz CT molecular complexity index is 390. The van der Waals surface area contributed by atoms with E-state index >= 15 is 0 Å². The van der Waals surface area contributed by atoms with Gasteiger partial charge in [0, 0.05) is 12.6 Å². The summed E-state index contributed by atoms with van der Waals surface area (Å²) < 4.78 is 0. The van der Waals surface area contributed by atoms with Crippen LogP contribution in [0.2, 0.25) is 0 Å². The minimum atomic E-state index is -0.135. The van der Waals surface area contributed by atoms with Crippen molar-refractivity contribution in [3.05, 3.63) is 29.8 Å². The zero-order valence-electron chi connectivity index (χ0n) is 9.99. The van der Waals surface area contributed by atoms with Gasteiger partial charge in [-0.25, -0.2) is 0 Å². The third kappa shape index (κ3) is 2.67. The Morgan fingerprint density at radius 1 is 1.12 bits per heavy atom. The Kier molecular flexibility index (Phi) is 5.91. The van der Waals surface area contributed by atoms with Gasteiger partial charge in [0.05, 0.1) is 12.1 Å². The molecule has 1 heterocycles. The number of hydrogen-bond donors (Lipinski definition) is 0. The lowest BCUT2D eigenvalue weighted by Gasteiger charge is -2.24. The summed E-state index contributed by atoms with van der Waals surface area (Å²) >= 11 is 0. The van der Waals surface area contributed by atoms with Crippen LogP contribution in [0.4, 0.5) is 5.69 Å². The second-order valence-corrected chi connectivity index (χ2v) is 3.07. The SMILES string of the molecule is CC.CN1C(=O)CC(=O)c2ccccc21.P. The van der Waals surface area contributed by atoms with Crippen molar-refractivity contribution in [1.82, 2.24) is 0 Å². The second-order valence-electron chi connectivity index (χ2n) is 3.07. The second kappa shape index (κ2) is 6.39. The highest BCUT2D eigenvalue weighted by molar-refractivity contribution is 6.92. The van der Waals surface area contributed by atoms with Crippen molar-refractivity contribution in [2.75, 3.05) is 11.9 Å². The maximum atomic E-state index is 11.4. The van der Waals surface area contributed by atoms with Crippen molar-refractivity contribution in [2.24, 2.45) is 0 Å². The first kappa shape index (κ1) is 14.8. The Hall–Kier alpha value is -1.21. The Morgan fingerprint density at radius 3 is 2.31 bits per heavy atom. The van der Waals surface area contributed by atoms with Gasteiger partial charge in [-0.1, -0.05) is 26.0 Å². The molecule has 0 aliphatic carbocycles. The van der Waals surface area contributed by atoms with Crippen molar-refractivity contribution in [3.8, 4) is 0 Å². The molecule has 88 valence electrons. The third-order valence-corrected chi connectivity index (χ3v) is 2.25. The van der Waals surface area contributed by atoms with E-state index in [0.717, 1.165) is 0 Å². The van der Waals surface area contributed by atoms with E-state index in [-0.39, 0.29) is 28.0 Å². The highest BCUT2D eigenvalue weighted by atomic mass is 31.0. The van der Waals surface area contributed by atoms with E-state index in [1.807, 2.05) is 19.9 Å². The quantitative estimate of drug-likeness (QED) is 0.514. The number of nitrogens with zero attached hydrogens (tertiary/aromatic N) is 1. The van der Waals surface area contributed by atoms with Crippen LogP contribution in [-0.4, -0.2) is 18.7 Å². The molecule has 0 fully saturated rings. The number of para-hydroxylation sites is 1. The maximum Gasteiger partial charge on any atom is 0.234 e. The van der Waals surface area contributed by atoms with E-state index in [0.29, 0.717) is 11.3 Å². The zero-order valence-corrected chi connectivity index (χ0v) is 11.4. The van der Waals surface area contributed by atoms with E-state index < -0.39 is 0 Å². The van der Waals surface area contributed by atoms with Gasteiger partial charge in [0.15, 0.2) is 5.78 Å². The molecule has 0 radical (unpaired) electrons. The van der Waals surface area contributed by atoms with Crippen LogP contribution in [0.15, 0.2) is 24.3 Å². The van der Waals surface area contributed by atoms with E-state index in [2.05, 4.69) is 0 Å². The molecule has 16 heavy (non-hydrogen) atoms. The molecule has 0 bridgehead atoms. The molecule has 1 amide bonds. The number of anilines is 1. The molecule has 0 N–H and O–H groups in total. The molecule has 1 aliphatic rings. The predicted octanol–water partition coefficient (Wildman–Crippen LogP) is 2.32. The van der Waals surface area contributed by atoms with Crippen LogP contribution in [0.1, 0.15) is 30.6 Å². The summed E-state index contributed by atoms with van der Waals surface area (Å²) in [7, 11) is 1.69. The number of amides is 1. The number of hydrogen-bond acceptors (Lipinski definition) is 2. The number of benzene rings is 1. The van der Waals surface area contributed by atoms with Crippen LogP contribution >= 0.6 is 9.90 Å². The highest BCUT2D eigenvalue weighted by Gasteiger charge is 2.26. The Labute approximate surface area is 99.5 Å². The average Bonchev–Trinajstić information content (AvgIpc) is 2.29. The molecule has 4 heteroatoms. The van der Waals surface area contributed by atoms with Crippen molar-refractivity contribution in [1.29, 1.82) is 0 Å². The molecular weight excluding hydrogens is 221 g/mol. The van der Waals surface area contributed by atoms with Crippen LogP contribution in [0.5, 0.6) is 0 Å².